The second-order valence-electron chi connectivity index (χ2n) is 6.57. The number of piperidine rings is 1. The Morgan fingerprint density at radius 2 is 1.78 bits per heavy atom. The molecule has 23 heavy (non-hydrogen) atoms. The highest BCUT2D eigenvalue weighted by Gasteiger charge is 2.42. The Kier molecular flexibility index (Phi) is 4.95. The van der Waals surface area contributed by atoms with E-state index in [0.29, 0.717) is 23.8 Å². The van der Waals surface area contributed by atoms with Crippen LogP contribution in [0.15, 0.2) is 24.3 Å². The maximum atomic E-state index is 12.7. The minimum Gasteiger partial charge on any atom is -0.336 e. The third-order valence-corrected chi connectivity index (χ3v) is 5.99. The van der Waals surface area contributed by atoms with Crippen LogP contribution in [0, 0.1) is 0 Å². The predicted molar refractivity (Wildman–Crippen MR) is 94.6 cm³/mol. The van der Waals surface area contributed by atoms with Crippen molar-refractivity contribution in [1.82, 2.24) is 4.90 Å². The lowest BCUT2D eigenvalue weighted by Crippen LogP contribution is -2.47. The maximum Gasteiger partial charge on any atom is 0.227 e. The van der Waals surface area contributed by atoms with Crippen molar-refractivity contribution in [3.05, 3.63) is 29.8 Å². The molecule has 1 aromatic rings. The molecule has 2 aliphatic rings. The molecule has 1 aromatic carbocycles. The number of fused-ring (bicyclic) bond motifs is 2. The van der Waals surface area contributed by atoms with Gasteiger partial charge in [-0.25, -0.2) is 0 Å². The van der Waals surface area contributed by atoms with Crippen LogP contribution in [0.4, 0.5) is 5.69 Å². The summed E-state index contributed by atoms with van der Waals surface area (Å²) in [6.07, 6.45) is 7.25. The lowest BCUT2D eigenvalue weighted by molar-refractivity contribution is -0.134. The fourth-order valence-electron chi connectivity index (χ4n) is 3.90. The van der Waals surface area contributed by atoms with Crippen LogP contribution in [0.5, 0.6) is 0 Å². The molecule has 0 aromatic heterocycles. The Labute approximate surface area is 142 Å². The summed E-state index contributed by atoms with van der Waals surface area (Å²) in [6.45, 7) is 1.49. The summed E-state index contributed by atoms with van der Waals surface area (Å²) in [5.41, 5.74) is 1.78. The molecule has 5 heteroatoms. The Hall–Kier alpha value is -1.49. The van der Waals surface area contributed by atoms with Crippen molar-refractivity contribution >= 4 is 29.3 Å². The summed E-state index contributed by atoms with van der Waals surface area (Å²) in [5, 5.41) is 3.46. The van der Waals surface area contributed by atoms with E-state index >= 15 is 0 Å². The average Bonchev–Trinajstić information content (AvgIpc) is 2.79. The number of carbonyl (C=O) groups is 2. The maximum absolute atomic E-state index is 12.7. The van der Waals surface area contributed by atoms with Crippen molar-refractivity contribution in [3.63, 3.8) is 0 Å². The summed E-state index contributed by atoms with van der Waals surface area (Å²) in [6, 6.07) is 8.46. The topological polar surface area (TPSA) is 49.4 Å². The highest BCUT2D eigenvalue weighted by Crippen LogP contribution is 2.39. The largest absolute Gasteiger partial charge is 0.336 e. The van der Waals surface area contributed by atoms with Gasteiger partial charge in [-0.05, 0) is 49.6 Å². The molecule has 2 heterocycles. The second-order valence-corrected chi connectivity index (χ2v) is 7.71. The molecule has 4 nitrogen and oxygen atoms in total. The number of thioether (sulfide) groups is 1. The quantitative estimate of drug-likeness (QED) is 0.922. The number of benzene rings is 1. The first-order chi connectivity index (χ1) is 11.1. The highest BCUT2D eigenvalue weighted by atomic mass is 32.2. The standard InChI is InChI=1S/C18H24N2O2S/c1-12(21)19-14-5-3-13(4-6-14)9-18(22)20-15-7-8-16(20)11-17(10-15)23-2/h3-6,15-17H,7-11H2,1-2H3,(H,19,21)/t15-,16+,17?. The Balaban J connectivity index is 1.62. The molecule has 1 N–H and O–H groups in total. The van der Waals surface area contributed by atoms with Crippen molar-refractivity contribution in [1.29, 1.82) is 0 Å². The van der Waals surface area contributed by atoms with Crippen molar-refractivity contribution in [2.75, 3.05) is 11.6 Å². The molecule has 2 amide bonds. The number of carbonyl (C=O) groups excluding carboxylic acids is 2. The van der Waals surface area contributed by atoms with E-state index < -0.39 is 0 Å². The van der Waals surface area contributed by atoms with Gasteiger partial charge in [-0.15, -0.1) is 0 Å². The van der Waals surface area contributed by atoms with E-state index in [9.17, 15) is 9.59 Å². The lowest BCUT2D eigenvalue weighted by atomic mass is 10.0. The van der Waals surface area contributed by atoms with E-state index in [-0.39, 0.29) is 11.8 Å². The van der Waals surface area contributed by atoms with Crippen LogP contribution < -0.4 is 5.32 Å². The Morgan fingerprint density at radius 1 is 1.17 bits per heavy atom. The first-order valence-electron chi connectivity index (χ1n) is 8.27. The first-order valence-corrected chi connectivity index (χ1v) is 9.56. The second kappa shape index (κ2) is 6.95. The molecule has 1 unspecified atom stereocenters. The summed E-state index contributed by atoms with van der Waals surface area (Å²) in [4.78, 5) is 25.9. The Morgan fingerprint density at radius 3 is 2.30 bits per heavy atom. The van der Waals surface area contributed by atoms with Crippen LogP contribution in [0.3, 0.4) is 0 Å². The Bertz CT molecular complexity index is 573. The van der Waals surface area contributed by atoms with Gasteiger partial charge >= 0.3 is 0 Å². The fourth-order valence-corrected chi connectivity index (χ4v) is 4.73. The highest BCUT2D eigenvalue weighted by molar-refractivity contribution is 7.99. The molecule has 2 bridgehead atoms. The average molecular weight is 332 g/mol. The summed E-state index contributed by atoms with van der Waals surface area (Å²) in [5.74, 6) is 0.173. The van der Waals surface area contributed by atoms with Gasteiger partial charge in [0.15, 0.2) is 0 Å². The SMILES string of the molecule is CSC1C[C@H]2CC[C@@H](C1)N2C(=O)Cc1ccc(NC(C)=O)cc1. The molecule has 0 radical (unpaired) electrons. The molecule has 0 spiro atoms. The van der Waals surface area contributed by atoms with Gasteiger partial charge < -0.3 is 10.2 Å². The number of hydrogen-bond acceptors (Lipinski definition) is 3. The van der Waals surface area contributed by atoms with Gasteiger partial charge in [-0.2, -0.15) is 11.8 Å². The van der Waals surface area contributed by atoms with Crippen LogP contribution in [0.1, 0.15) is 38.2 Å². The molecule has 2 fully saturated rings. The van der Waals surface area contributed by atoms with Gasteiger partial charge in [0.1, 0.15) is 0 Å². The van der Waals surface area contributed by atoms with Gasteiger partial charge in [0.05, 0.1) is 6.42 Å². The van der Waals surface area contributed by atoms with E-state index in [4.69, 9.17) is 0 Å². The zero-order chi connectivity index (χ0) is 16.4. The predicted octanol–water partition coefficient (Wildman–Crippen LogP) is 3.07. The molecule has 3 atom stereocenters. The molecule has 2 saturated heterocycles. The number of anilines is 1. The van der Waals surface area contributed by atoms with Gasteiger partial charge in [-0.3, -0.25) is 9.59 Å². The smallest absolute Gasteiger partial charge is 0.227 e. The fraction of sp³-hybridized carbons (Fsp3) is 0.556. The normalized spacial score (nSPS) is 26.2. The third-order valence-electron chi connectivity index (χ3n) is 4.94. The zero-order valence-electron chi connectivity index (χ0n) is 13.7. The van der Waals surface area contributed by atoms with Crippen LogP contribution >= 0.6 is 11.8 Å². The van der Waals surface area contributed by atoms with Gasteiger partial charge in [0.2, 0.25) is 11.8 Å². The van der Waals surface area contributed by atoms with E-state index in [2.05, 4.69) is 16.5 Å². The zero-order valence-corrected chi connectivity index (χ0v) is 14.6. The minimum absolute atomic E-state index is 0.0814. The minimum atomic E-state index is -0.0814. The van der Waals surface area contributed by atoms with Gasteiger partial charge in [-0.1, -0.05) is 12.1 Å². The van der Waals surface area contributed by atoms with Crippen molar-refractivity contribution < 1.29 is 9.59 Å². The molecular formula is C18H24N2O2S. The lowest BCUT2D eigenvalue weighted by Gasteiger charge is -2.38. The summed E-state index contributed by atoms with van der Waals surface area (Å²) < 4.78 is 0. The molecule has 0 aliphatic carbocycles. The van der Waals surface area contributed by atoms with E-state index in [1.807, 2.05) is 36.0 Å². The molecular weight excluding hydrogens is 308 g/mol. The molecule has 2 aliphatic heterocycles. The molecule has 3 rings (SSSR count). The number of amides is 2. The van der Waals surface area contributed by atoms with Crippen LogP contribution in [0.25, 0.3) is 0 Å². The van der Waals surface area contributed by atoms with E-state index in [1.165, 1.54) is 6.92 Å². The summed E-state index contributed by atoms with van der Waals surface area (Å²) in [7, 11) is 0. The number of nitrogens with zero attached hydrogens (tertiary/aromatic N) is 1. The van der Waals surface area contributed by atoms with Crippen molar-refractivity contribution in [2.24, 2.45) is 0 Å². The van der Waals surface area contributed by atoms with Gasteiger partial charge in [0, 0.05) is 29.9 Å². The van der Waals surface area contributed by atoms with Crippen LogP contribution in [-0.2, 0) is 16.0 Å². The van der Waals surface area contributed by atoms with Crippen molar-refractivity contribution in [3.8, 4) is 0 Å². The first kappa shape index (κ1) is 16.4. The number of rotatable bonds is 4. The molecule has 124 valence electrons. The van der Waals surface area contributed by atoms with E-state index in [1.54, 1.807) is 0 Å². The van der Waals surface area contributed by atoms with Crippen molar-refractivity contribution in [2.45, 2.75) is 56.4 Å². The third kappa shape index (κ3) is 3.71. The molecule has 0 saturated carbocycles. The van der Waals surface area contributed by atoms with Crippen LogP contribution in [-0.4, -0.2) is 40.3 Å². The number of hydrogen-bond donors (Lipinski definition) is 1. The monoisotopic (exact) mass is 332 g/mol. The summed E-state index contributed by atoms with van der Waals surface area (Å²) >= 11 is 1.94. The van der Waals surface area contributed by atoms with Crippen LogP contribution in [0.2, 0.25) is 0 Å². The number of nitrogens with one attached hydrogen (secondary N) is 1. The van der Waals surface area contributed by atoms with E-state index in [0.717, 1.165) is 36.9 Å². The van der Waals surface area contributed by atoms with Gasteiger partial charge in [0.25, 0.3) is 0 Å².